The molecule has 0 radical (unpaired) electrons. The van der Waals surface area contributed by atoms with Gasteiger partial charge in [0.2, 0.25) is 0 Å². The maximum atomic E-state index is 12.8. The van der Waals surface area contributed by atoms with E-state index < -0.39 is 49.6 Å². The van der Waals surface area contributed by atoms with E-state index in [2.05, 4.69) is 0 Å². The lowest BCUT2D eigenvalue weighted by atomic mass is 10.2. The molecule has 1 unspecified atom stereocenters. The van der Waals surface area contributed by atoms with Crippen LogP contribution in [0.15, 0.2) is 0 Å². The van der Waals surface area contributed by atoms with Crippen LogP contribution < -0.4 is 17.7 Å². The van der Waals surface area contributed by atoms with Gasteiger partial charge in [-0.15, -0.1) is 0 Å². The topological polar surface area (TPSA) is 54.0 Å². The lowest BCUT2D eigenvalue weighted by Gasteiger charge is -2.33. The lowest BCUT2D eigenvalue weighted by Crippen LogP contribution is -3.00. The summed E-state index contributed by atoms with van der Waals surface area (Å²) in [6, 6.07) is -0.490. The van der Waals surface area contributed by atoms with Crippen molar-refractivity contribution in [3.63, 3.8) is 0 Å². The zero-order valence-corrected chi connectivity index (χ0v) is 14.9. The van der Waals surface area contributed by atoms with Gasteiger partial charge in [-0.2, -0.15) is 26.3 Å². The number of amides is 1. The molecule has 0 bridgehead atoms. The molecule has 0 aliphatic carbocycles. The third kappa shape index (κ3) is 6.03. The van der Waals surface area contributed by atoms with E-state index in [9.17, 15) is 35.7 Å². The van der Waals surface area contributed by atoms with Gasteiger partial charge in [0.1, 0.15) is 7.14 Å². The summed E-state index contributed by atoms with van der Waals surface area (Å²) in [6.45, 7) is 0.755. The normalized spacial score (nSPS) is 25.1. The van der Waals surface area contributed by atoms with Crippen molar-refractivity contribution in [3.8, 4) is 0 Å². The fraction of sp³-hybridized carbons (Fsp3) is 0.923. The van der Waals surface area contributed by atoms with Crippen LogP contribution >= 0.6 is 7.14 Å². The maximum absolute atomic E-state index is 12.8. The third-order valence-corrected chi connectivity index (χ3v) is 7.84. The summed E-state index contributed by atoms with van der Waals surface area (Å²) in [6.07, 6.45) is -12.4. The number of carbonyl (C=O) groups excluding carboxylic acids is 1. The molecule has 1 amide bonds. The molecule has 2 aliphatic heterocycles. The molecule has 2 fully saturated rings. The molecule has 0 aromatic carbocycles. The van der Waals surface area contributed by atoms with E-state index in [1.165, 1.54) is 0 Å². The average Bonchev–Trinajstić information content (AvgIpc) is 3.05. The number of hydrogen-bond acceptors (Lipinski definition) is 2. The number of rotatable bonds is 4. The van der Waals surface area contributed by atoms with Crippen molar-refractivity contribution < 1.29 is 53.4 Å². The molecule has 12 heteroatoms. The summed E-state index contributed by atoms with van der Waals surface area (Å²) in [5.41, 5.74) is 0. The molecule has 148 valence electrons. The van der Waals surface area contributed by atoms with Crippen LogP contribution in [0.3, 0.4) is 0 Å². The summed E-state index contributed by atoms with van der Waals surface area (Å²) in [4.78, 5) is 13.5. The van der Waals surface area contributed by atoms with Crippen LogP contribution in [0.1, 0.15) is 25.7 Å². The molecule has 0 aromatic rings. The molecule has 2 saturated heterocycles. The monoisotopic (exact) mass is 416 g/mol. The van der Waals surface area contributed by atoms with Crippen LogP contribution in [0.25, 0.3) is 0 Å². The van der Waals surface area contributed by atoms with Gasteiger partial charge in [-0.3, -0.25) is 4.79 Å². The zero-order chi connectivity index (χ0) is 18.2. The molecule has 2 heterocycles. The predicted octanol–water partition coefficient (Wildman–Crippen LogP) is -0.848. The van der Waals surface area contributed by atoms with Gasteiger partial charge in [0.25, 0.3) is 5.91 Å². The molecule has 2 atom stereocenters. The van der Waals surface area contributed by atoms with Crippen molar-refractivity contribution in [2.24, 2.45) is 0 Å². The summed E-state index contributed by atoms with van der Waals surface area (Å²) in [5.74, 6) is -1.96. The number of carbonyl (C=O) groups is 1. The number of hydrogen-bond donors (Lipinski definition) is 1. The molecular formula is C13H20ClF6N2O2P. The summed E-state index contributed by atoms with van der Waals surface area (Å²) >= 11 is 0. The Hall–Kier alpha value is -0.470. The van der Waals surface area contributed by atoms with Gasteiger partial charge in [-0.1, -0.05) is 0 Å². The van der Waals surface area contributed by atoms with Gasteiger partial charge in [0, 0.05) is 19.4 Å². The fourth-order valence-corrected chi connectivity index (χ4v) is 6.72. The minimum Gasteiger partial charge on any atom is -1.00 e. The van der Waals surface area contributed by atoms with Crippen LogP contribution in [0.2, 0.25) is 0 Å². The lowest BCUT2D eigenvalue weighted by molar-refractivity contribution is -0.658. The van der Waals surface area contributed by atoms with Crippen LogP contribution in [0.5, 0.6) is 0 Å². The van der Waals surface area contributed by atoms with E-state index in [1.54, 1.807) is 5.32 Å². The molecule has 2 N–H and O–H groups in total. The molecule has 25 heavy (non-hydrogen) atoms. The largest absolute Gasteiger partial charge is 1.00 e. The van der Waals surface area contributed by atoms with Gasteiger partial charge in [0.05, 0.1) is 24.7 Å². The zero-order valence-electron chi connectivity index (χ0n) is 13.2. The summed E-state index contributed by atoms with van der Waals surface area (Å²) < 4.78 is 89.3. The first-order valence-electron chi connectivity index (χ1n) is 7.76. The van der Waals surface area contributed by atoms with E-state index in [1.807, 2.05) is 0 Å². The smallest absolute Gasteiger partial charge is 0.395 e. The van der Waals surface area contributed by atoms with E-state index in [0.29, 0.717) is 13.0 Å². The summed E-state index contributed by atoms with van der Waals surface area (Å²) in [7, 11) is -4.72. The first-order valence-corrected chi connectivity index (χ1v) is 9.91. The average molecular weight is 417 g/mol. The van der Waals surface area contributed by atoms with Crippen LogP contribution in [0.4, 0.5) is 26.3 Å². The van der Waals surface area contributed by atoms with Crippen LogP contribution in [0, 0.1) is 0 Å². The highest BCUT2D eigenvalue weighted by molar-refractivity contribution is 7.64. The SMILES string of the molecule is O=C([C@@H]1CCC[NH2+]1)N1CCCC1P(=O)(CC(F)(F)F)CC(F)(F)F.[Cl-]. The van der Waals surface area contributed by atoms with Crippen molar-refractivity contribution in [1.29, 1.82) is 0 Å². The molecule has 0 aromatic heterocycles. The molecule has 0 saturated carbocycles. The second-order valence-corrected chi connectivity index (χ2v) is 9.56. The first-order chi connectivity index (χ1) is 10.9. The van der Waals surface area contributed by atoms with Crippen molar-refractivity contribution in [2.45, 2.75) is 49.9 Å². The second-order valence-electron chi connectivity index (χ2n) is 6.43. The Bertz CT molecular complexity index is 502. The Balaban J connectivity index is 0.00000312. The van der Waals surface area contributed by atoms with Crippen molar-refractivity contribution >= 4 is 13.0 Å². The number of likely N-dealkylation sites (tertiary alicyclic amines) is 1. The Labute approximate surface area is 147 Å². The molecule has 2 aliphatic rings. The quantitative estimate of drug-likeness (QED) is 0.480. The Morgan fingerprint density at radius 3 is 2.04 bits per heavy atom. The van der Waals surface area contributed by atoms with Gasteiger partial charge >= 0.3 is 12.4 Å². The van der Waals surface area contributed by atoms with Crippen molar-refractivity contribution in [1.82, 2.24) is 4.90 Å². The second kappa shape index (κ2) is 8.05. The van der Waals surface area contributed by atoms with E-state index in [4.69, 9.17) is 0 Å². The minimum atomic E-state index is -4.97. The maximum Gasteiger partial charge on any atom is 0.395 e. The Morgan fingerprint density at radius 2 is 1.60 bits per heavy atom. The third-order valence-electron chi connectivity index (χ3n) is 4.43. The highest BCUT2D eigenvalue weighted by atomic mass is 35.5. The summed E-state index contributed by atoms with van der Waals surface area (Å²) in [5, 5.41) is 1.73. The number of alkyl halides is 6. The molecular weight excluding hydrogens is 397 g/mol. The van der Waals surface area contributed by atoms with Gasteiger partial charge in [-0.25, -0.2) is 0 Å². The van der Waals surface area contributed by atoms with E-state index >= 15 is 0 Å². The minimum absolute atomic E-state index is 0. The van der Waals surface area contributed by atoms with Gasteiger partial charge < -0.3 is 27.2 Å². The van der Waals surface area contributed by atoms with Crippen LogP contribution in [-0.4, -0.2) is 60.4 Å². The van der Waals surface area contributed by atoms with Crippen molar-refractivity contribution in [3.05, 3.63) is 0 Å². The highest BCUT2D eigenvalue weighted by Gasteiger charge is 2.54. The van der Waals surface area contributed by atoms with Gasteiger partial charge in [0.15, 0.2) is 6.04 Å². The number of nitrogens with zero attached hydrogens (tertiary/aromatic N) is 1. The standard InChI is InChI=1S/C13H19F6N2O2P.ClH/c14-12(15,16)7-24(23,8-13(17,18)19)10-4-2-6-21(10)11(22)9-3-1-5-20-9;/h9-10,20H,1-8H2;1H/t9-,10?;/m0./s1. The highest BCUT2D eigenvalue weighted by Crippen LogP contribution is 2.60. The van der Waals surface area contributed by atoms with Crippen molar-refractivity contribution in [2.75, 3.05) is 25.4 Å². The number of halogens is 7. The molecule has 4 nitrogen and oxygen atoms in total. The van der Waals surface area contributed by atoms with E-state index in [-0.39, 0.29) is 31.8 Å². The van der Waals surface area contributed by atoms with Gasteiger partial charge in [-0.05, 0) is 12.8 Å². The van der Waals surface area contributed by atoms with Crippen LogP contribution in [-0.2, 0) is 9.36 Å². The Kier molecular flexibility index (Phi) is 7.26. The first kappa shape index (κ1) is 22.6. The molecule has 0 spiro atoms. The van der Waals surface area contributed by atoms with E-state index in [0.717, 1.165) is 11.3 Å². The number of nitrogens with two attached hydrogens (primary N) is 1. The number of quaternary nitrogens is 1. The predicted molar refractivity (Wildman–Crippen MR) is 74.0 cm³/mol. The Morgan fingerprint density at radius 1 is 1.04 bits per heavy atom. The molecule has 2 rings (SSSR count). The fourth-order valence-electron chi connectivity index (χ4n) is 3.58.